The minimum absolute atomic E-state index is 0.0816. The molecule has 0 spiro atoms. The lowest BCUT2D eigenvalue weighted by atomic mass is 10.2. The molecule has 2 aromatic rings. The molecule has 0 bridgehead atoms. The minimum atomic E-state index is -0.913. The highest BCUT2D eigenvalue weighted by atomic mass is 35.5. The summed E-state index contributed by atoms with van der Waals surface area (Å²) >= 11 is 11.8. The molecule has 0 saturated carbocycles. The summed E-state index contributed by atoms with van der Waals surface area (Å²) in [7, 11) is 3.04. The zero-order chi connectivity index (χ0) is 19.8. The third kappa shape index (κ3) is 5.87. The molecule has 0 aliphatic rings. The van der Waals surface area contributed by atoms with E-state index in [0.29, 0.717) is 32.7 Å². The number of ether oxygens (including phenoxy) is 2. The van der Waals surface area contributed by atoms with Gasteiger partial charge in [0, 0.05) is 28.2 Å². The molecule has 0 aliphatic heterocycles. The van der Waals surface area contributed by atoms with Crippen LogP contribution in [0.25, 0.3) is 0 Å². The Morgan fingerprint density at radius 3 is 2.52 bits per heavy atom. The number of methoxy groups -OCH3 is 2. The van der Waals surface area contributed by atoms with Crippen molar-refractivity contribution in [2.45, 2.75) is 6.54 Å². The number of halogens is 2. The average molecular weight is 410 g/mol. The molecule has 0 fully saturated rings. The Morgan fingerprint density at radius 1 is 1.07 bits per heavy atom. The van der Waals surface area contributed by atoms with Crippen LogP contribution in [0.3, 0.4) is 0 Å². The molecule has 0 aromatic heterocycles. The van der Waals surface area contributed by atoms with Gasteiger partial charge in [-0.05, 0) is 29.8 Å². The summed E-state index contributed by atoms with van der Waals surface area (Å²) in [5, 5.41) is 7.09. The van der Waals surface area contributed by atoms with Crippen LogP contribution in [-0.2, 0) is 16.1 Å². The van der Waals surface area contributed by atoms with Crippen molar-refractivity contribution in [2.75, 3.05) is 14.2 Å². The van der Waals surface area contributed by atoms with Crippen LogP contribution >= 0.6 is 23.2 Å². The Balaban J connectivity index is 1.91. The summed E-state index contributed by atoms with van der Waals surface area (Å²) in [5.74, 6) is -0.633. The first-order valence-corrected chi connectivity index (χ1v) is 8.47. The van der Waals surface area contributed by atoms with Gasteiger partial charge in [-0.3, -0.25) is 9.59 Å². The molecule has 0 saturated heterocycles. The van der Waals surface area contributed by atoms with E-state index >= 15 is 0 Å². The Kier molecular flexibility index (Phi) is 7.45. The molecule has 9 heteroatoms. The van der Waals surface area contributed by atoms with Crippen molar-refractivity contribution in [1.82, 2.24) is 10.7 Å². The lowest BCUT2D eigenvalue weighted by Gasteiger charge is -2.07. The van der Waals surface area contributed by atoms with Crippen molar-refractivity contribution in [1.29, 1.82) is 0 Å². The summed E-state index contributed by atoms with van der Waals surface area (Å²) in [6.45, 7) is 0.0816. The first kappa shape index (κ1) is 20.5. The first-order valence-electron chi connectivity index (χ1n) is 7.71. The maximum atomic E-state index is 11.8. The van der Waals surface area contributed by atoms with Gasteiger partial charge in [0.1, 0.15) is 11.5 Å². The van der Waals surface area contributed by atoms with E-state index in [1.807, 2.05) is 0 Å². The number of carbonyl (C=O) groups is 2. The van der Waals surface area contributed by atoms with Gasteiger partial charge in [0.05, 0.1) is 20.4 Å². The van der Waals surface area contributed by atoms with Crippen LogP contribution in [0.5, 0.6) is 11.5 Å². The summed E-state index contributed by atoms with van der Waals surface area (Å²) in [6, 6.07) is 9.95. The predicted octanol–water partition coefficient (Wildman–Crippen LogP) is 2.78. The number of benzene rings is 2. The molecule has 2 N–H and O–H groups in total. The van der Waals surface area contributed by atoms with Crippen molar-refractivity contribution in [3.8, 4) is 11.5 Å². The van der Waals surface area contributed by atoms with E-state index in [-0.39, 0.29) is 6.54 Å². The third-order valence-electron chi connectivity index (χ3n) is 3.47. The summed E-state index contributed by atoms with van der Waals surface area (Å²) in [4.78, 5) is 23.6. The molecule has 0 radical (unpaired) electrons. The number of nitrogens with one attached hydrogen (secondary N) is 2. The normalized spacial score (nSPS) is 10.5. The first-order chi connectivity index (χ1) is 12.9. The van der Waals surface area contributed by atoms with E-state index in [1.54, 1.807) is 43.5 Å². The monoisotopic (exact) mass is 409 g/mol. The molecular weight excluding hydrogens is 393 g/mol. The minimum Gasteiger partial charge on any atom is -0.497 e. The van der Waals surface area contributed by atoms with E-state index in [2.05, 4.69) is 15.8 Å². The number of carbonyl (C=O) groups excluding carboxylic acids is 2. The van der Waals surface area contributed by atoms with Crippen molar-refractivity contribution in [2.24, 2.45) is 5.10 Å². The van der Waals surface area contributed by atoms with Gasteiger partial charge in [-0.2, -0.15) is 5.10 Å². The molecular formula is C18H17Cl2N3O4. The fourth-order valence-electron chi connectivity index (χ4n) is 2.06. The number of nitrogens with zero attached hydrogens (tertiary/aromatic N) is 1. The van der Waals surface area contributed by atoms with Crippen molar-refractivity contribution >= 4 is 41.2 Å². The van der Waals surface area contributed by atoms with Gasteiger partial charge in [0.15, 0.2) is 0 Å². The second kappa shape index (κ2) is 9.80. The molecule has 142 valence electrons. The van der Waals surface area contributed by atoms with Crippen LogP contribution < -0.4 is 20.2 Å². The number of rotatable bonds is 6. The molecule has 0 aliphatic carbocycles. The van der Waals surface area contributed by atoms with Crippen molar-refractivity contribution in [3.05, 3.63) is 57.6 Å². The molecule has 0 atom stereocenters. The highest BCUT2D eigenvalue weighted by Crippen LogP contribution is 2.23. The van der Waals surface area contributed by atoms with Gasteiger partial charge in [-0.1, -0.05) is 29.3 Å². The largest absolute Gasteiger partial charge is 0.497 e. The van der Waals surface area contributed by atoms with Crippen LogP contribution in [0.1, 0.15) is 11.1 Å². The fourth-order valence-corrected chi connectivity index (χ4v) is 2.53. The Bertz CT molecular complexity index is 872. The number of hydrazone groups is 1. The quantitative estimate of drug-likeness (QED) is 0.436. The van der Waals surface area contributed by atoms with Crippen LogP contribution in [0, 0.1) is 0 Å². The lowest BCUT2D eigenvalue weighted by Crippen LogP contribution is -2.37. The smallest absolute Gasteiger partial charge is 0.329 e. The molecule has 2 aromatic carbocycles. The van der Waals surface area contributed by atoms with Gasteiger partial charge in [-0.15, -0.1) is 0 Å². The number of amides is 2. The molecule has 2 rings (SSSR count). The molecule has 2 amide bonds. The van der Waals surface area contributed by atoms with Gasteiger partial charge < -0.3 is 14.8 Å². The highest BCUT2D eigenvalue weighted by Gasteiger charge is 2.13. The van der Waals surface area contributed by atoms with Crippen LogP contribution in [0.4, 0.5) is 0 Å². The lowest BCUT2D eigenvalue weighted by molar-refractivity contribution is -0.139. The topological polar surface area (TPSA) is 89.0 Å². The maximum Gasteiger partial charge on any atom is 0.329 e. The van der Waals surface area contributed by atoms with Crippen LogP contribution in [0.2, 0.25) is 10.0 Å². The van der Waals surface area contributed by atoms with Crippen LogP contribution in [-0.4, -0.2) is 32.2 Å². The zero-order valence-corrected chi connectivity index (χ0v) is 16.1. The molecule has 0 unspecified atom stereocenters. The van der Waals surface area contributed by atoms with E-state index in [4.69, 9.17) is 32.7 Å². The Morgan fingerprint density at radius 2 is 1.85 bits per heavy atom. The second-order valence-corrected chi connectivity index (χ2v) is 6.07. The highest BCUT2D eigenvalue weighted by molar-refractivity contribution is 6.36. The molecule has 0 heterocycles. The Hall–Kier alpha value is -2.77. The predicted molar refractivity (Wildman–Crippen MR) is 104 cm³/mol. The van der Waals surface area contributed by atoms with E-state index in [0.717, 1.165) is 0 Å². The van der Waals surface area contributed by atoms with Gasteiger partial charge in [0.25, 0.3) is 0 Å². The van der Waals surface area contributed by atoms with Gasteiger partial charge in [0.2, 0.25) is 0 Å². The maximum absolute atomic E-state index is 11.8. The Labute approximate surface area is 166 Å². The van der Waals surface area contributed by atoms with E-state index in [9.17, 15) is 9.59 Å². The SMILES string of the molecule is COc1ccc(/C=N/NC(=O)C(=O)NCc2ccc(Cl)cc2Cl)c(OC)c1. The standard InChI is InChI=1S/C18H17Cl2N3O4/c1-26-14-6-4-12(16(8-14)27-2)10-22-23-18(25)17(24)21-9-11-3-5-13(19)7-15(11)20/h3-8,10H,9H2,1-2H3,(H,21,24)(H,23,25)/b22-10+. The number of hydrogen-bond acceptors (Lipinski definition) is 5. The third-order valence-corrected chi connectivity index (χ3v) is 4.06. The van der Waals surface area contributed by atoms with E-state index in [1.165, 1.54) is 13.3 Å². The summed E-state index contributed by atoms with van der Waals surface area (Å²) in [5.41, 5.74) is 3.39. The van der Waals surface area contributed by atoms with Gasteiger partial charge in [-0.25, -0.2) is 5.43 Å². The fraction of sp³-hybridized carbons (Fsp3) is 0.167. The molecule has 7 nitrogen and oxygen atoms in total. The molecule has 27 heavy (non-hydrogen) atoms. The van der Waals surface area contributed by atoms with Crippen molar-refractivity contribution < 1.29 is 19.1 Å². The second-order valence-electron chi connectivity index (χ2n) is 5.23. The summed E-state index contributed by atoms with van der Waals surface area (Å²) in [6.07, 6.45) is 1.36. The van der Waals surface area contributed by atoms with Crippen LogP contribution in [0.15, 0.2) is 41.5 Å². The van der Waals surface area contributed by atoms with E-state index < -0.39 is 11.8 Å². The zero-order valence-electron chi connectivity index (χ0n) is 14.6. The number of hydrogen-bond donors (Lipinski definition) is 2. The van der Waals surface area contributed by atoms with Gasteiger partial charge >= 0.3 is 11.8 Å². The summed E-state index contributed by atoms with van der Waals surface area (Å²) < 4.78 is 10.3. The average Bonchev–Trinajstić information content (AvgIpc) is 2.67. The van der Waals surface area contributed by atoms with Crippen molar-refractivity contribution in [3.63, 3.8) is 0 Å².